The number of benzene rings is 2. The van der Waals surface area contributed by atoms with Crippen LogP contribution in [0.1, 0.15) is 4.88 Å². The second kappa shape index (κ2) is 6.86. The molecule has 1 N–H and O–H groups in total. The largest absolute Gasteiger partial charge is 0.477 e. The minimum Gasteiger partial charge on any atom is -0.477 e. The summed E-state index contributed by atoms with van der Waals surface area (Å²) in [4.78, 5) is 12.4. The maximum atomic E-state index is 11.0. The van der Waals surface area contributed by atoms with Gasteiger partial charge in [0.2, 0.25) is 0 Å². The number of carbonyl (C=O) groups is 1. The molecule has 0 aliphatic rings. The standard InChI is InChI=1S/C20H11N3O3S/c21-11-15(20(24)25)10-16-7-8-17(27-16)19-18(22-26-23-19)14-6-5-12-3-1-2-4-13(12)9-14/h1-10H,(H,24,25). The Bertz CT molecular complexity index is 1230. The Morgan fingerprint density at radius 3 is 2.63 bits per heavy atom. The molecule has 6 nitrogen and oxygen atoms in total. The quantitative estimate of drug-likeness (QED) is 0.414. The molecule has 0 aliphatic heterocycles. The van der Waals surface area contributed by atoms with Gasteiger partial charge in [-0.3, -0.25) is 0 Å². The van der Waals surface area contributed by atoms with Gasteiger partial charge in [-0.1, -0.05) is 36.4 Å². The van der Waals surface area contributed by atoms with Crippen LogP contribution in [0.25, 0.3) is 38.7 Å². The average Bonchev–Trinajstić information content (AvgIpc) is 3.34. The first-order valence-corrected chi connectivity index (χ1v) is 8.74. The fourth-order valence-electron chi connectivity index (χ4n) is 2.72. The summed E-state index contributed by atoms with van der Waals surface area (Å²) < 4.78 is 4.96. The van der Waals surface area contributed by atoms with Crippen LogP contribution in [0.3, 0.4) is 0 Å². The topological polar surface area (TPSA) is 100 Å². The number of aromatic nitrogens is 2. The second-order valence-corrected chi connectivity index (χ2v) is 6.82. The number of thiophene rings is 1. The van der Waals surface area contributed by atoms with Crippen molar-refractivity contribution in [1.82, 2.24) is 10.3 Å². The third kappa shape index (κ3) is 3.21. The van der Waals surface area contributed by atoms with E-state index in [1.54, 1.807) is 18.2 Å². The number of carboxylic acid groups (broad SMARTS) is 1. The summed E-state index contributed by atoms with van der Waals surface area (Å²) in [5.74, 6) is -1.26. The lowest BCUT2D eigenvalue weighted by Crippen LogP contribution is -1.96. The summed E-state index contributed by atoms with van der Waals surface area (Å²) in [6.45, 7) is 0. The van der Waals surface area contributed by atoms with Crippen LogP contribution in [0.4, 0.5) is 0 Å². The van der Waals surface area contributed by atoms with E-state index in [1.165, 1.54) is 17.4 Å². The molecule has 0 fully saturated rings. The Morgan fingerprint density at radius 1 is 1.07 bits per heavy atom. The van der Waals surface area contributed by atoms with Crippen molar-refractivity contribution >= 4 is 34.2 Å². The molecule has 0 aliphatic carbocycles. The molecule has 2 heterocycles. The lowest BCUT2D eigenvalue weighted by Gasteiger charge is -2.01. The number of carboxylic acids is 1. The van der Waals surface area contributed by atoms with E-state index in [0.29, 0.717) is 16.3 Å². The Kier molecular flexibility index (Phi) is 4.24. The van der Waals surface area contributed by atoms with E-state index in [2.05, 4.69) is 10.3 Å². The van der Waals surface area contributed by atoms with E-state index in [4.69, 9.17) is 15.0 Å². The van der Waals surface area contributed by atoms with Crippen molar-refractivity contribution in [3.8, 4) is 27.9 Å². The highest BCUT2D eigenvalue weighted by atomic mass is 32.1. The highest BCUT2D eigenvalue weighted by Crippen LogP contribution is 2.35. The van der Waals surface area contributed by atoms with Gasteiger partial charge in [-0.2, -0.15) is 5.26 Å². The van der Waals surface area contributed by atoms with Crippen molar-refractivity contribution < 1.29 is 14.5 Å². The van der Waals surface area contributed by atoms with Crippen molar-refractivity contribution in [2.24, 2.45) is 0 Å². The zero-order valence-corrected chi connectivity index (χ0v) is 14.6. The SMILES string of the molecule is N#CC(=Cc1ccc(-c2nonc2-c2ccc3ccccc3c2)s1)C(=O)O. The zero-order chi connectivity index (χ0) is 18.8. The number of hydrogen-bond acceptors (Lipinski definition) is 6. The molecular weight excluding hydrogens is 362 g/mol. The monoisotopic (exact) mass is 373 g/mol. The fraction of sp³-hybridized carbons (Fsp3) is 0. The summed E-state index contributed by atoms with van der Waals surface area (Å²) in [5, 5.41) is 28.1. The number of fused-ring (bicyclic) bond motifs is 1. The van der Waals surface area contributed by atoms with E-state index in [1.807, 2.05) is 42.5 Å². The Balaban J connectivity index is 1.74. The molecule has 0 saturated heterocycles. The molecule has 0 amide bonds. The van der Waals surface area contributed by atoms with Crippen molar-refractivity contribution in [1.29, 1.82) is 5.26 Å². The summed E-state index contributed by atoms with van der Waals surface area (Å²) in [7, 11) is 0. The second-order valence-electron chi connectivity index (χ2n) is 5.70. The first-order chi connectivity index (χ1) is 13.2. The van der Waals surface area contributed by atoms with Gasteiger partial charge in [0.25, 0.3) is 0 Å². The van der Waals surface area contributed by atoms with Gasteiger partial charge < -0.3 is 5.11 Å². The number of aliphatic carboxylic acids is 1. The smallest absolute Gasteiger partial charge is 0.346 e. The molecule has 0 spiro atoms. The van der Waals surface area contributed by atoms with Gasteiger partial charge in [0, 0.05) is 10.4 Å². The van der Waals surface area contributed by atoms with E-state index in [-0.39, 0.29) is 5.57 Å². The summed E-state index contributed by atoms with van der Waals surface area (Å²) in [5.41, 5.74) is 1.73. The predicted molar refractivity (Wildman–Crippen MR) is 102 cm³/mol. The van der Waals surface area contributed by atoms with Crippen molar-refractivity contribution in [2.45, 2.75) is 0 Å². The first-order valence-electron chi connectivity index (χ1n) is 7.93. The fourth-order valence-corrected chi connectivity index (χ4v) is 3.65. The molecule has 0 atom stereocenters. The van der Waals surface area contributed by atoms with E-state index < -0.39 is 5.97 Å². The van der Waals surface area contributed by atoms with Crippen LogP contribution in [-0.2, 0) is 4.79 Å². The minimum absolute atomic E-state index is 0.323. The zero-order valence-electron chi connectivity index (χ0n) is 13.8. The lowest BCUT2D eigenvalue weighted by molar-refractivity contribution is -0.132. The van der Waals surface area contributed by atoms with Crippen LogP contribution in [0, 0.1) is 11.3 Å². The van der Waals surface area contributed by atoms with Gasteiger partial charge in [0.05, 0.1) is 4.88 Å². The number of rotatable bonds is 4. The normalized spacial score (nSPS) is 11.4. The number of nitriles is 1. The number of hydrogen-bond donors (Lipinski definition) is 1. The van der Waals surface area contributed by atoms with Crippen LogP contribution < -0.4 is 0 Å². The molecule has 4 rings (SSSR count). The summed E-state index contributed by atoms with van der Waals surface area (Å²) in [6.07, 6.45) is 1.33. The molecular formula is C20H11N3O3S. The molecule has 0 unspecified atom stereocenters. The average molecular weight is 373 g/mol. The Hall–Kier alpha value is -3.76. The van der Waals surface area contributed by atoms with Crippen molar-refractivity contribution in [3.63, 3.8) is 0 Å². The van der Waals surface area contributed by atoms with Crippen LogP contribution in [0.5, 0.6) is 0 Å². The van der Waals surface area contributed by atoms with Gasteiger partial charge in [-0.05, 0) is 45.4 Å². The maximum absolute atomic E-state index is 11.0. The summed E-state index contributed by atoms with van der Waals surface area (Å²) >= 11 is 1.31. The van der Waals surface area contributed by atoms with Crippen molar-refractivity contribution in [2.75, 3.05) is 0 Å². The molecule has 0 saturated carbocycles. The highest BCUT2D eigenvalue weighted by molar-refractivity contribution is 7.16. The van der Waals surface area contributed by atoms with Crippen LogP contribution in [-0.4, -0.2) is 21.4 Å². The van der Waals surface area contributed by atoms with Gasteiger partial charge in [0.15, 0.2) is 5.69 Å². The van der Waals surface area contributed by atoms with E-state index >= 15 is 0 Å². The van der Waals surface area contributed by atoms with E-state index in [0.717, 1.165) is 21.2 Å². The molecule has 27 heavy (non-hydrogen) atoms. The predicted octanol–water partition coefficient (Wildman–Crippen LogP) is 4.61. The van der Waals surface area contributed by atoms with Gasteiger partial charge in [-0.15, -0.1) is 11.3 Å². The van der Waals surface area contributed by atoms with Gasteiger partial charge >= 0.3 is 5.97 Å². The van der Waals surface area contributed by atoms with Gasteiger partial charge in [-0.25, -0.2) is 9.42 Å². The van der Waals surface area contributed by atoms with Crippen molar-refractivity contribution in [3.05, 3.63) is 65.0 Å². The minimum atomic E-state index is -1.26. The molecule has 0 radical (unpaired) electrons. The first kappa shape index (κ1) is 16.7. The molecule has 130 valence electrons. The Morgan fingerprint density at radius 2 is 1.85 bits per heavy atom. The van der Waals surface area contributed by atoms with E-state index in [9.17, 15) is 4.79 Å². The van der Waals surface area contributed by atoms with Crippen LogP contribution in [0.15, 0.2) is 64.8 Å². The molecule has 2 aromatic heterocycles. The maximum Gasteiger partial charge on any atom is 0.346 e. The third-order valence-electron chi connectivity index (χ3n) is 4.01. The highest BCUT2D eigenvalue weighted by Gasteiger charge is 2.17. The lowest BCUT2D eigenvalue weighted by atomic mass is 10.0. The summed E-state index contributed by atoms with van der Waals surface area (Å²) in [6, 6.07) is 19.2. The molecule has 4 aromatic rings. The molecule has 0 bridgehead atoms. The number of nitrogens with zero attached hydrogens (tertiary/aromatic N) is 3. The van der Waals surface area contributed by atoms with Crippen LogP contribution in [0.2, 0.25) is 0 Å². The molecule has 7 heteroatoms. The van der Waals surface area contributed by atoms with Gasteiger partial charge in [0.1, 0.15) is 17.3 Å². The van der Waals surface area contributed by atoms with Crippen LogP contribution >= 0.6 is 11.3 Å². The molecule has 2 aromatic carbocycles. The Labute approximate surface area is 157 Å². The third-order valence-corrected chi connectivity index (χ3v) is 5.05.